The SMILES string of the molecule is CN1CCN=C1c1ccc(-c2nc3nc(O[C@@H]4CO[C@H]5[C@@H]4OC[C@H]5O)[nH]c3cc2Cl)cc1. The van der Waals surface area contributed by atoms with E-state index in [1.807, 2.05) is 31.3 Å². The monoisotopic (exact) mass is 455 g/mol. The molecule has 0 bridgehead atoms. The van der Waals surface area contributed by atoms with Gasteiger partial charge in [-0.2, -0.15) is 4.98 Å². The topological polar surface area (TPSA) is 105 Å². The summed E-state index contributed by atoms with van der Waals surface area (Å²) in [6.07, 6.45) is -1.65. The zero-order valence-corrected chi connectivity index (χ0v) is 18.1. The number of H-pyrrole nitrogens is 1. The third kappa shape index (κ3) is 3.32. The van der Waals surface area contributed by atoms with E-state index in [4.69, 9.17) is 25.8 Å². The molecule has 3 aliphatic heterocycles. The van der Waals surface area contributed by atoms with Gasteiger partial charge in [0.25, 0.3) is 6.01 Å². The number of ether oxygens (including phenoxy) is 3. The Morgan fingerprint density at radius 3 is 2.69 bits per heavy atom. The maximum Gasteiger partial charge on any atom is 0.296 e. The van der Waals surface area contributed by atoms with Crippen LogP contribution in [0, 0.1) is 0 Å². The van der Waals surface area contributed by atoms with Gasteiger partial charge in [-0.3, -0.25) is 4.99 Å². The highest BCUT2D eigenvalue weighted by Crippen LogP contribution is 2.32. The van der Waals surface area contributed by atoms with Gasteiger partial charge in [-0.25, -0.2) is 4.98 Å². The number of rotatable bonds is 4. The van der Waals surface area contributed by atoms with Crippen LogP contribution >= 0.6 is 11.6 Å². The molecule has 2 saturated heterocycles. The second kappa shape index (κ2) is 7.70. The van der Waals surface area contributed by atoms with Crippen LogP contribution < -0.4 is 4.74 Å². The first-order chi connectivity index (χ1) is 15.6. The van der Waals surface area contributed by atoms with E-state index in [1.165, 1.54) is 0 Å². The van der Waals surface area contributed by atoms with Gasteiger partial charge >= 0.3 is 0 Å². The molecule has 3 aromatic rings. The number of aromatic nitrogens is 3. The molecule has 0 radical (unpaired) electrons. The minimum absolute atomic E-state index is 0.248. The van der Waals surface area contributed by atoms with Crippen molar-refractivity contribution in [2.45, 2.75) is 24.4 Å². The number of amidine groups is 1. The third-order valence-electron chi connectivity index (χ3n) is 6.12. The Hall–Kier alpha value is -2.72. The van der Waals surface area contributed by atoms with E-state index in [-0.39, 0.29) is 24.9 Å². The average molecular weight is 456 g/mol. The number of pyridine rings is 1. The van der Waals surface area contributed by atoms with Crippen molar-refractivity contribution in [2.75, 3.05) is 33.4 Å². The number of imidazole rings is 1. The number of halogens is 1. The molecule has 0 amide bonds. The Bertz CT molecular complexity index is 1200. The summed E-state index contributed by atoms with van der Waals surface area (Å²) in [7, 11) is 2.04. The summed E-state index contributed by atoms with van der Waals surface area (Å²) >= 11 is 6.55. The average Bonchev–Trinajstić information content (AvgIpc) is 3.55. The number of benzene rings is 1. The molecule has 166 valence electrons. The van der Waals surface area contributed by atoms with Crippen LogP contribution in [0.1, 0.15) is 5.56 Å². The molecule has 6 rings (SSSR count). The summed E-state index contributed by atoms with van der Waals surface area (Å²) in [5.74, 6) is 0.997. The molecule has 0 spiro atoms. The van der Waals surface area contributed by atoms with Gasteiger partial charge in [-0.1, -0.05) is 35.9 Å². The number of hydrogen-bond acceptors (Lipinski definition) is 8. The highest BCUT2D eigenvalue weighted by Gasteiger charge is 2.48. The van der Waals surface area contributed by atoms with Crippen molar-refractivity contribution in [1.82, 2.24) is 19.9 Å². The lowest BCUT2D eigenvalue weighted by atomic mass is 10.1. The molecule has 2 N–H and O–H groups in total. The molecule has 5 heterocycles. The first-order valence-corrected chi connectivity index (χ1v) is 11.0. The van der Waals surface area contributed by atoms with Crippen molar-refractivity contribution in [3.63, 3.8) is 0 Å². The minimum Gasteiger partial charge on any atom is -0.456 e. The first kappa shape index (κ1) is 19.9. The van der Waals surface area contributed by atoms with E-state index in [0.29, 0.717) is 34.5 Å². The zero-order valence-electron chi connectivity index (χ0n) is 17.4. The minimum atomic E-state index is -0.625. The molecule has 0 unspecified atom stereocenters. The van der Waals surface area contributed by atoms with Crippen molar-refractivity contribution in [3.8, 4) is 17.3 Å². The van der Waals surface area contributed by atoms with Crippen LogP contribution in [0.25, 0.3) is 22.4 Å². The summed E-state index contributed by atoms with van der Waals surface area (Å²) < 4.78 is 17.2. The molecule has 2 fully saturated rings. The van der Waals surface area contributed by atoms with Crippen LogP contribution in [0.5, 0.6) is 6.01 Å². The van der Waals surface area contributed by atoms with E-state index in [2.05, 4.69) is 24.8 Å². The number of aliphatic imine (C=N–C) groups is 1. The number of aliphatic hydroxyl groups is 1. The highest BCUT2D eigenvalue weighted by molar-refractivity contribution is 6.33. The Morgan fingerprint density at radius 2 is 1.91 bits per heavy atom. The van der Waals surface area contributed by atoms with Gasteiger partial charge in [0, 0.05) is 24.7 Å². The van der Waals surface area contributed by atoms with E-state index < -0.39 is 6.10 Å². The van der Waals surface area contributed by atoms with Gasteiger partial charge in [0.2, 0.25) is 0 Å². The number of hydrogen-bond donors (Lipinski definition) is 2. The molecule has 3 aliphatic rings. The molecule has 0 saturated carbocycles. The summed E-state index contributed by atoms with van der Waals surface area (Å²) in [6.45, 7) is 2.34. The lowest BCUT2D eigenvalue weighted by Gasteiger charge is -2.15. The number of likely N-dealkylation sites (N-methyl/N-ethyl adjacent to an activating group) is 1. The van der Waals surface area contributed by atoms with E-state index in [0.717, 1.165) is 30.1 Å². The Kier molecular flexibility index (Phi) is 4.80. The van der Waals surface area contributed by atoms with Crippen LogP contribution in [0.3, 0.4) is 0 Å². The van der Waals surface area contributed by atoms with E-state index >= 15 is 0 Å². The molecule has 1 aromatic carbocycles. The predicted octanol–water partition coefficient (Wildman–Crippen LogP) is 1.88. The summed E-state index contributed by atoms with van der Waals surface area (Å²) in [5, 5.41) is 10.4. The molecule has 4 atom stereocenters. The Morgan fingerprint density at radius 1 is 1.12 bits per heavy atom. The molecule has 0 aliphatic carbocycles. The normalized spacial score (nSPS) is 27.2. The lowest BCUT2D eigenvalue weighted by Crippen LogP contribution is -2.34. The van der Waals surface area contributed by atoms with Crippen molar-refractivity contribution in [3.05, 3.63) is 40.9 Å². The molecule has 32 heavy (non-hydrogen) atoms. The van der Waals surface area contributed by atoms with Crippen molar-refractivity contribution in [2.24, 2.45) is 4.99 Å². The molecular weight excluding hydrogens is 434 g/mol. The maximum atomic E-state index is 9.90. The Balaban J connectivity index is 1.25. The number of nitrogens with zero attached hydrogens (tertiary/aromatic N) is 4. The van der Waals surface area contributed by atoms with Crippen LogP contribution in [-0.4, -0.2) is 88.6 Å². The van der Waals surface area contributed by atoms with Crippen molar-refractivity contribution < 1.29 is 19.3 Å². The van der Waals surface area contributed by atoms with Crippen LogP contribution in [0.15, 0.2) is 35.3 Å². The number of aliphatic hydroxyl groups excluding tert-OH is 1. The summed E-state index contributed by atoms with van der Waals surface area (Å²) in [6, 6.07) is 10.2. The summed E-state index contributed by atoms with van der Waals surface area (Å²) in [4.78, 5) is 19.0. The fourth-order valence-electron chi connectivity index (χ4n) is 4.46. The largest absolute Gasteiger partial charge is 0.456 e. The van der Waals surface area contributed by atoms with Gasteiger partial charge in [0.1, 0.15) is 24.1 Å². The molecule has 9 nitrogen and oxygen atoms in total. The molecule has 10 heteroatoms. The second-order valence-corrected chi connectivity index (χ2v) is 8.66. The predicted molar refractivity (Wildman–Crippen MR) is 118 cm³/mol. The number of aromatic amines is 1. The standard InChI is InChI=1S/C22H22ClN5O4/c1-28-7-6-24-21(28)12-4-2-11(3-5-12)17-13(23)8-14-20(26-17)27-22(25-14)32-16-10-31-18-15(29)9-30-19(16)18/h2-5,8,15-16,18-19,29H,6-7,9-10H2,1H3,(H,25,26,27)/t15-,16-,18-,19-/m1/s1. The second-order valence-electron chi connectivity index (χ2n) is 8.26. The maximum absolute atomic E-state index is 9.90. The van der Waals surface area contributed by atoms with Gasteiger partial charge in [-0.05, 0) is 6.07 Å². The third-order valence-corrected chi connectivity index (χ3v) is 6.41. The number of nitrogens with one attached hydrogen (secondary N) is 1. The van der Waals surface area contributed by atoms with Gasteiger partial charge in [0.05, 0.1) is 36.0 Å². The van der Waals surface area contributed by atoms with Crippen molar-refractivity contribution in [1.29, 1.82) is 0 Å². The zero-order chi connectivity index (χ0) is 21.8. The van der Waals surface area contributed by atoms with Crippen LogP contribution in [0.2, 0.25) is 5.02 Å². The van der Waals surface area contributed by atoms with Gasteiger partial charge in [0.15, 0.2) is 11.8 Å². The lowest BCUT2D eigenvalue weighted by molar-refractivity contribution is 0.00706. The highest BCUT2D eigenvalue weighted by atomic mass is 35.5. The fourth-order valence-corrected chi connectivity index (χ4v) is 4.72. The summed E-state index contributed by atoms with van der Waals surface area (Å²) in [5.41, 5.74) is 3.80. The molecular formula is C22H22ClN5O4. The van der Waals surface area contributed by atoms with Crippen LogP contribution in [0.4, 0.5) is 0 Å². The quantitative estimate of drug-likeness (QED) is 0.618. The van der Waals surface area contributed by atoms with E-state index in [1.54, 1.807) is 6.07 Å². The van der Waals surface area contributed by atoms with Crippen molar-refractivity contribution >= 4 is 28.6 Å². The van der Waals surface area contributed by atoms with Gasteiger partial charge in [-0.15, -0.1) is 0 Å². The Labute approximate surface area is 189 Å². The van der Waals surface area contributed by atoms with Crippen LogP contribution in [-0.2, 0) is 9.47 Å². The smallest absolute Gasteiger partial charge is 0.296 e. The first-order valence-electron chi connectivity index (χ1n) is 10.6. The molecule has 2 aromatic heterocycles. The fraction of sp³-hybridized carbons (Fsp3) is 0.409. The van der Waals surface area contributed by atoms with E-state index in [9.17, 15) is 5.11 Å². The van der Waals surface area contributed by atoms with Gasteiger partial charge < -0.3 is 29.2 Å². The number of fused-ring (bicyclic) bond motifs is 2.